The van der Waals surface area contributed by atoms with Crippen molar-refractivity contribution in [3.8, 4) is 0 Å². The average Bonchev–Trinajstić information content (AvgIpc) is 3.28. The molecule has 1 unspecified atom stereocenters. The molecule has 4 rings (SSSR count). The van der Waals surface area contributed by atoms with E-state index in [0.29, 0.717) is 41.0 Å². The fraction of sp³-hybridized carbons (Fsp3) is 0.300. The molecule has 2 fully saturated rings. The largest absolute Gasteiger partial charge is 0.370 e. The van der Waals surface area contributed by atoms with Crippen molar-refractivity contribution in [3.63, 3.8) is 0 Å². The van der Waals surface area contributed by atoms with Crippen LogP contribution in [0, 0.1) is 5.82 Å². The zero-order chi connectivity index (χ0) is 20.5. The quantitative estimate of drug-likeness (QED) is 0.799. The molecule has 1 atom stereocenters. The number of carbonyl (C=O) groups excluding carboxylic acids is 2. The Morgan fingerprint density at radius 3 is 2.83 bits per heavy atom. The molecule has 29 heavy (non-hydrogen) atoms. The number of carbonyl (C=O) groups is 2. The molecule has 6 nitrogen and oxygen atoms in total. The zero-order valence-corrected chi connectivity index (χ0v) is 17.1. The van der Waals surface area contributed by atoms with E-state index in [1.165, 1.54) is 22.3 Å². The maximum absolute atomic E-state index is 14.7. The van der Waals surface area contributed by atoms with Crippen LogP contribution in [-0.2, 0) is 9.53 Å². The van der Waals surface area contributed by atoms with Gasteiger partial charge in [-0.05, 0) is 30.3 Å². The van der Waals surface area contributed by atoms with Gasteiger partial charge in [-0.2, -0.15) is 0 Å². The van der Waals surface area contributed by atoms with Gasteiger partial charge in [-0.1, -0.05) is 18.2 Å². The second kappa shape index (κ2) is 8.14. The van der Waals surface area contributed by atoms with E-state index in [1.54, 1.807) is 24.3 Å². The molecule has 2 aromatic rings. The van der Waals surface area contributed by atoms with E-state index in [4.69, 9.17) is 16.3 Å². The molecule has 152 valence electrons. The van der Waals surface area contributed by atoms with Gasteiger partial charge in [-0.3, -0.25) is 9.59 Å². The molecule has 1 N–H and O–H groups in total. The molecule has 0 radical (unpaired) electrons. The highest BCUT2D eigenvalue weighted by Crippen LogP contribution is 2.32. The van der Waals surface area contributed by atoms with Crippen LogP contribution in [0.4, 0.5) is 15.8 Å². The number of anilines is 2. The number of amides is 2. The molecule has 2 saturated heterocycles. The molecule has 0 bridgehead atoms. The monoisotopic (exact) mass is 435 g/mol. The van der Waals surface area contributed by atoms with Crippen LogP contribution in [0.2, 0.25) is 4.34 Å². The van der Waals surface area contributed by atoms with Crippen LogP contribution < -0.4 is 15.1 Å². The lowest BCUT2D eigenvalue weighted by Crippen LogP contribution is -2.42. The van der Waals surface area contributed by atoms with Crippen LogP contribution in [0.25, 0.3) is 0 Å². The van der Waals surface area contributed by atoms with Crippen molar-refractivity contribution in [1.82, 2.24) is 5.32 Å². The van der Waals surface area contributed by atoms with Gasteiger partial charge in [0, 0.05) is 30.9 Å². The van der Waals surface area contributed by atoms with Gasteiger partial charge in [0.25, 0.3) is 11.8 Å². The Labute approximate surface area is 176 Å². The molecule has 2 amide bonds. The second-order valence-electron chi connectivity index (χ2n) is 6.89. The predicted molar refractivity (Wildman–Crippen MR) is 111 cm³/mol. The summed E-state index contributed by atoms with van der Waals surface area (Å²) in [6, 6.07) is 7.98. The molecule has 3 heterocycles. The highest BCUT2D eigenvalue weighted by atomic mass is 35.5. The Balaban J connectivity index is 1.46. The van der Waals surface area contributed by atoms with Crippen molar-refractivity contribution in [2.75, 3.05) is 36.1 Å². The lowest BCUT2D eigenvalue weighted by molar-refractivity contribution is -0.125. The summed E-state index contributed by atoms with van der Waals surface area (Å²) in [5, 5.41) is 2.97. The average molecular weight is 436 g/mol. The normalized spacial score (nSPS) is 19.7. The van der Waals surface area contributed by atoms with Crippen molar-refractivity contribution in [2.45, 2.75) is 12.5 Å². The third-order valence-electron chi connectivity index (χ3n) is 4.92. The van der Waals surface area contributed by atoms with Gasteiger partial charge >= 0.3 is 0 Å². The van der Waals surface area contributed by atoms with Crippen LogP contribution in [0.5, 0.6) is 0 Å². The van der Waals surface area contributed by atoms with Crippen LogP contribution in [0.1, 0.15) is 16.1 Å². The molecular weight excluding hydrogens is 417 g/mol. The SMILES string of the molecule is C=C1CC(NC(=O)c2ccc(Cl)s2)CN1c1ccc(N2CCOCC2=O)c(F)c1. The minimum atomic E-state index is -0.480. The number of hydrogen-bond donors (Lipinski definition) is 1. The highest BCUT2D eigenvalue weighted by Gasteiger charge is 2.29. The van der Waals surface area contributed by atoms with Crippen molar-refractivity contribution in [1.29, 1.82) is 0 Å². The van der Waals surface area contributed by atoms with Crippen molar-refractivity contribution in [2.24, 2.45) is 0 Å². The lowest BCUT2D eigenvalue weighted by Gasteiger charge is -2.28. The van der Waals surface area contributed by atoms with E-state index in [9.17, 15) is 14.0 Å². The number of morpholine rings is 1. The zero-order valence-electron chi connectivity index (χ0n) is 15.5. The number of hydrogen-bond acceptors (Lipinski definition) is 5. The summed E-state index contributed by atoms with van der Waals surface area (Å²) in [5.41, 5.74) is 1.66. The summed E-state index contributed by atoms with van der Waals surface area (Å²) < 4.78 is 20.4. The first kappa shape index (κ1) is 19.9. The standard InChI is InChI=1S/C20H19ClFN3O3S/c1-12-8-13(23-20(27)17-4-5-18(21)29-17)10-25(12)14-2-3-16(15(22)9-14)24-6-7-28-11-19(24)26/h2-5,9,13H,1,6-8,10-11H2,(H,23,27). The maximum atomic E-state index is 14.7. The lowest BCUT2D eigenvalue weighted by atomic mass is 10.2. The molecule has 0 aliphatic carbocycles. The van der Waals surface area contributed by atoms with Crippen LogP contribution in [0.3, 0.4) is 0 Å². The fourth-order valence-electron chi connectivity index (χ4n) is 3.54. The highest BCUT2D eigenvalue weighted by molar-refractivity contribution is 7.18. The predicted octanol–water partition coefficient (Wildman–Crippen LogP) is 3.43. The molecular formula is C20H19ClFN3O3S. The molecule has 2 aliphatic heterocycles. The third-order valence-corrected chi connectivity index (χ3v) is 6.15. The Bertz CT molecular complexity index is 980. The van der Waals surface area contributed by atoms with Crippen molar-refractivity contribution < 1.29 is 18.7 Å². The Morgan fingerprint density at radius 1 is 1.31 bits per heavy atom. The van der Waals surface area contributed by atoms with Crippen molar-refractivity contribution in [3.05, 3.63) is 57.6 Å². The van der Waals surface area contributed by atoms with Gasteiger partial charge in [0.1, 0.15) is 12.4 Å². The van der Waals surface area contributed by atoms with Crippen LogP contribution in [-0.4, -0.2) is 44.2 Å². The number of thiophene rings is 1. The Morgan fingerprint density at radius 2 is 2.14 bits per heavy atom. The summed E-state index contributed by atoms with van der Waals surface area (Å²) in [7, 11) is 0. The summed E-state index contributed by atoms with van der Waals surface area (Å²) in [5.74, 6) is -0.926. The van der Waals surface area contributed by atoms with Gasteiger partial charge in [0.05, 0.1) is 27.5 Å². The van der Waals surface area contributed by atoms with Gasteiger partial charge in [0.15, 0.2) is 0 Å². The van der Waals surface area contributed by atoms with Crippen molar-refractivity contribution >= 4 is 46.1 Å². The molecule has 0 saturated carbocycles. The van der Waals surface area contributed by atoms with E-state index in [1.807, 2.05) is 4.90 Å². The van der Waals surface area contributed by atoms with E-state index >= 15 is 0 Å². The number of nitrogens with one attached hydrogen (secondary N) is 1. The fourth-order valence-corrected chi connectivity index (χ4v) is 4.49. The van der Waals surface area contributed by atoms with Crippen LogP contribution in [0.15, 0.2) is 42.6 Å². The molecule has 9 heteroatoms. The number of halogens is 2. The third kappa shape index (κ3) is 4.14. The number of ether oxygens (including phenoxy) is 1. The van der Waals surface area contributed by atoms with E-state index in [-0.39, 0.29) is 30.2 Å². The second-order valence-corrected chi connectivity index (χ2v) is 8.60. The Hall–Kier alpha value is -2.42. The van der Waals surface area contributed by atoms with Gasteiger partial charge in [0.2, 0.25) is 0 Å². The van der Waals surface area contributed by atoms with E-state index < -0.39 is 5.82 Å². The summed E-state index contributed by atoms with van der Waals surface area (Å²) in [6.45, 7) is 5.20. The summed E-state index contributed by atoms with van der Waals surface area (Å²) in [6.07, 6.45) is 0.566. The first-order valence-electron chi connectivity index (χ1n) is 9.11. The first-order chi connectivity index (χ1) is 13.9. The molecule has 0 spiro atoms. The summed E-state index contributed by atoms with van der Waals surface area (Å²) >= 11 is 7.11. The molecule has 1 aromatic carbocycles. The van der Waals surface area contributed by atoms with Crippen LogP contribution >= 0.6 is 22.9 Å². The van der Waals surface area contributed by atoms with Gasteiger partial charge < -0.3 is 19.9 Å². The molecule has 1 aromatic heterocycles. The number of nitrogens with zero attached hydrogens (tertiary/aromatic N) is 2. The van der Waals surface area contributed by atoms with Gasteiger partial charge in [-0.25, -0.2) is 4.39 Å². The first-order valence-corrected chi connectivity index (χ1v) is 10.3. The van der Waals surface area contributed by atoms with E-state index in [2.05, 4.69) is 11.9 Å². The Kier molecular flexibility index (Phi) is 5.58. The smallest absolute Gasteiger partial charge is 0.261 e. The minimum Gasteiger partial charge on any atom is -0.370 e. The summed E-state index contributed by atoms with van der Waals surface area (Å²) in [4.78, 5) is 28.1. The van der Waals surface area contributed by atoms with E-state index in [0.717, 1.165) is 5.70 Å². The number of benzene rings is 1. The number of rotatable bonds is 4. The maximum Gasteiger partial charge on any atom is 0.261 e. The minimum absolute atomic E-state index is 0.0407. The topological polar surface area (TPSA) is 61.9 Å². The van der Waals surface area contributed by atoms with Gasteiger partial charge in [-0.15, -0.1) is 11.3 Å². The molecule has 2 aliphatic rings.